The van der Waals surface area contributed by atoms with E-state index in [1.54, 1.807) is 32.2 Å². The van der Waals surface area contributed by atoms with Crippen molar-refractivity contribution >= 4 is 26.6 Å². The molecule has 118 valence electrons. The summed E-state index contributed by atoms with van der Waals surface area (Å²) < 4.78 is 27.3. The average molecular weight is 322 g/mol. The second kappa shape index (κ2) is 6.31. The number of hydrogen-bond donors (Lipinski definition) is 1. The lowest BCUT2D eigenvalue weighted by Crippen LogP contribution is -2.29. The van der Waals surface area contributed by atoms with Crippen LogP contribution in [0.25, 0.3) is 10.9 Å². The van der Waals surface area contributed by atoms with Crippen LogP contribution in [0.3, 0.4) is 0 Å². The summed E-state index contributed by atoms with van der Waals surface area (Å²) in [7, 11) is -1.52. The largest absolute Gasteiger partial charge is 0.497 e. The molecule has 0 saturated carbocycles. The molecule has 0 spiro atoms. The number of amides is 1. The zero-order valence-electron chi connectivity index (χ0n) is 12.7. The predicted molar refractivity (Wildman–Crippen MR) is 85.1 cm³/mol. The van der Waals surface area contributed by atoms with Crippen LogP contribution in [0.1, 0.15) is 16.1 Å². The maximum absolute atomic E-state index is 12.1. The molecule has 1 amide bonds. The molecular weight excluding hydrogens is 304 g/mol. The smallest absolute Gasteiger partial charge is 0.253 e. The topological polar surface area (TPSA) is 85.4 Å². The highest BCUT2D eigenvalue weighted by Gasteiger charge is 2.12. The van der Waals surface area contributed by atoms with E-state index < -0.39 is 9.84 Å². The molecule has 0 atom stereocenters. The molecule has 0 aliphatic heterocycles. The van der Waals surface area contributed by atoms with Gasteiger partial charge in [0.05, 0.1) is 29.6 Å². The highest BCUT2D eigenvalue weighted by atomic mass is 32.2. The maximum Gasteiger partial charge on any atom is 0.253 e. The number of nitrogens with zero attached hydrogens (tertiary/aromatic N) is 1. The van der Waals surface area contributed by atoms with E-state index in [2.05, 4.69) is 10.3 Å². The van der Waals surface area contributed by atoms with Crippen LogP contribution in [-0.2, 0) is 9.84 Å². The lowest BCUT2D eigenvalue weighted by molar-refractivity contribution is 0.0955. The van der Waals surface area contributed by atoms with Gasteiger partial charge in [-0.25, -0.2) is 8.42 Å². The van der Waals surface area contributed by atoms with E-state index in [-0.39, 0.29) is 18.2 Å². The van der Waals surface area contributed by atoms with Gasteiger partial charge in [0, 0.05) is 24.3 Å². The summed E-state index contributed by atoms with van der Waals surface area (Å²) in [4.78, 5) is 16.6. The molecule has 2 rings (SSSR count). The van der Waals surface area contributed by atoms with Crippen molar-refractivity contribution in [3.05, 3.63) is 35.5 Å². The van der Waals surface area contributed by atoms with Gasteiger partial charge in [-0.3, -0.25) is 9.78 Å². The van der Waals surface area contributed by atoms with Crippen molar-refractivity contribution in [2.75, 3.05) is 25.7 Å². The van der Waals surface area contributed by atoms with Crippen molar-refractivity contribution in [3.63, 3.8) is 0 Å². The molecule has 22 heavy (non-hydrogen) atoms. The molecule has 1 N–H and O–H groups in total. The summed E-state index contributed by atoms with van der Waals surface area (Å²) in [5.74, 6) is 0.284. The Bertz CT molecular complexity index is 816. The SMILES string of the molecule is COc1ccc2cc(C(=O)NCCS(C)(=O)=O)c(C)nc2c1. The third-order valence-electron chi connectivity index (χ3n) is 3.22. The molecule has 1 heterocycles. The van der Waals surface area contributed by atoms with Gasteiger partial charge in [0.2, 0.25) is 0 Å². The van der Waals surface area contributed by atoms with Gasteiger partial charge in [0.25, 0.3) is 5.91 Å². The Labute approximate surface area is 129 Å². The third kappa shape index (κ3) is 3.94. The number of pyridine rings is 1. The molecule has 0 fully saturated rings. The van der Waals surface area contributed by atoms with Crippen LogP contribution in [0.5, 0.6) is 5.75 Å². The van der Waals surface area contributed by atoms with Gasteiger partial charge in [-0.15, -0.1) is 0 Å². The monoisotopic (exact) mass is 322 g/mol. The second-order valence-electron chi connectivity index (χ2n) is 5.07. The van der Waals surface area contributed by atoms with Crippen LogP contribution in [0, 0.1) is 6.92 Å². The number of aromatic nitrogens is 1. The first kappa shape index (κ1) is 16.2. The fourth-order valence-corrected chi connectivity index (χ4v) is 2.52. The van der Waals surface area contributed by atoms with Gasteiger partial charge in [0.1, 0.15) is 15.6 Å². The normalized spacial score (nSPS) is 11.4. The van der Waals surface area contributed by atoms with E-state index in [1.807, 2.05) is 6.07 Å². The van der Waals surface area contributed by atoms with Gasteiger partial charge < -0.3 is 10.1 Å². The number of carbonyl (C=O) groups is 1. The van der Waals surface area contributed by atoms with Crippen molar-refractivity contribution in [1.82, 2.24) is 10.3 Å². The van der Waals surface area contributed by atoms with E-state index in [0.29, 0.717) is 17.0 Å². The molecule has 0 radical (unpaired) electrons. The Kier molecular flexibility index (Phi) is 4.65. The summed E-state index contributed by atoms with van der Waals surface area (Å²) in [5.41, 5.74) is 1.76. The highest BCUT2D eigenvalue weighted by Crippen LogP contribution is 2.21. The number of sulfone groups is 1. The molecule has 2 aromatic rings. The Morgan fingerprint density at radius 2 is 2.05 bits per heavy atom. The number of carbonyl (C=O) groups excluding carboxylic acids is 1. The molecule has 0 bridgehead atoms. The zero-order chi connectivity index (χ0) is 16.3. The number of rotatable bonds is 5. The summed E-state index contributed by atoms with van der Waals surface area (Å²) in [5, 5.41) is 3.42. The third-order valence-corrected chi connectivity index (χ3v) is 4.16. The standard InChI is InChI=1S/C15H18N2O4S/c1-10-13(15(18)16-6-7-22(3,19)20)8-11-4-5-12(21-2)9-14(11)17-10/h4-5,8-9H,6-7H2,1-3H3,(H,16,18). The van der Waals surface area contributed by atoms with E-state index >= 15 is 0 Å². The number of nitrogens with one attached hydrogen (secondary N) is 1. The van der Waals surface area contributed by atoms with E-state index in [0.717, 1.165) is 17.2 Å². The van der Waals surface area contributed by atoms with Crippen LogP contribution in [-0.4, -0.2) is 45.0 Å². The Morgan fingerprint density at radius 1 is 1.32 bits per heavy atom. The molecule has 0 unspecified atom stereocenters. The van der Waals surface area contributed by atoms with Crippen LogP contribution < -0.4 is 10.1 Å². The lowest BCUT2D eigenvalue weighted by atomic mass is 10.1. The summed E-state index contributed by atoms with van der Waals surface area (Å²) in [6, 6.07) is 7.17. The minimum atomic E-state index is -3.10. The van der Waals surface area contributed by atoms with E-state index in [4.69, 9.17) is 4.74 Å². The summed E-state index contributed by atoms with van der Waals surface area (Å²) in [6.45, 7) is 1.82. The number of aryl methyl sites for hydroxylation is 1. The first-order valence-electron chi connectivity index (χ1n) is 6.71. The van der Waals surface area contributed by atoms with Crippen molar-refractivity contribution in [3.8, 4) is 5.75 Å². The quantitative estimate of drug-likeness (QED) is 0.897. The Balaban J connectivity index is 2.24. The minimum Gasteiger partial charge on any atom is -0.497 e. The summed E-state index contributed by atoms with van der Waals surface area (Å²) >= 11 is 0. The molecular formula is C15H18N2O4S. The van der Waals surface area contributed by atoms with Gasteiger partial charge in [0.15, 0.2) is 0 Å². The number of methoxy groups -OCH3 is 1. The Morgan fingerprint density at radius 3 is 2.68 bits per heavy atom. The number of benzene rings is 1. The van der Waals surface area contributed by atoms with Gasteiger partial charge in [-0.2, -0.15) is 0 Å². The van der Waals surface area contributed by atoms with Crippen LogP contribution in [0.4, 0.5) is 0 Å². The van der Waals surface area contributed by atoms with Gasteiger partial charge >= 0.3 is 0 Å². The van der Waals surface area contributed by atoms with Gasteiger partial charge in [-0.1, -0.05) is 0 Å². The van der Waals surface area contributed by atoms with E-state index in [1.165, 1.54) is 0 Å². The summed E-state index contributed by atoms with van der Waals surface area (Å²) in [6.07, 6.45) is 1.13. The van der Waals surface area contributed by atoms with Crippen molar-refractivity contribution < 1.29 is 17.9 Å². The molecule has 1 aromatic carbocycles. The average Bonchev–Trinajstić information content (AvgIpc) is 2.44. The van der Waals surface area contributed by atoms with Crippen molar-refractivity contribution in [1.29, 1.82) is 0 Å². The molecule has 7 heteroatoms. The number of ether oxygens (including phenoxy) is 1. The lowest BCUT2D eigenvalue weighted by Gasteiger charge is -2.09. The van der Waals surface area contributed by atoms with Gasteiger partial charge in [-0.05, 0) is 25.1 Å². The molecule has 0 aliphatic carbocycles. The van der Waals surface area contributed by atoms with Crippen LogP contribution >= 0.6 is 0 Å². The molecule has 6 nitrogen and oxygen atoms in total. The number of hydrogen-bond acceptors (Lipinski definition) is 5. The first-order chi connectivity index (χ1) is 10.3. The van der Waals surface area contributed by atoms with E-state index in [9.17, 15) is 13.2 Å². The minimum absolute atomic E-state index is 0.0811. The van der Waals surface area contributed by atoms with Crippen LogP contribution in [0.15, 0.2) is 24.3 Å². The molecule has 0 saturated heterocycles. The highest BCUT2D eigenvalue weighted by molar-refractivity contribution is 7.90. The fraction of sp³-hybridized carbons (Fsp3) is 0.333. The first-order valence-corrected chi connectivity index (χ1v) is 8.77. The Hall–Kier alpha value is -2.15. The van der Waals surface area contributed by atoms with Crippen molar-refractivity contribution in [2.45, 2.75) is 6.92 Å². The predicted octanol–water partition coefficient (Wildman–Crippen LogP) is 1.33. The zero-order valence-corrected chi connectivity index (χ0v) is 13.5. The fourth-order valence-electron chi connectivity index (χ4n) is 2.05. The maximum atomic E-state index is 12.1. The van der Waals surface area contributed by atoms with Crippen molar-refractivity contribution in [2.24, 2.45) is 0 Å². The second-order valence-corrected chi connectivity index (χ2v) is 7.33. The van der Waals surface area contributed by atoms with Crippen LogP contribution in [0.2, 0.25) is 0 Å². The molecule has 1 aromatic heterocycles. The molecule has 0 aliphatic rings. The number of fused-ring (bicyclic) bond motifs is 1.